The molecule has 8 heteroatoms. The molecule has 0 aliphatic rings. The Bertz CT molecular complexity index is 1090. The van der Waals surface area contributed by atoms with Gasteiger partial charge >= 0.3 is 0 Å². The van der Waals surface area contributed by atoms with E-state index in [1.54, 1.807) is 35.9 Å². The van der Waals surface area contributed by atoms with Crippen LogP contribution in [-0.2, 0) is 0 Å². The standard InChI is InChI=1S/C19H17Cl2N3O2S/c1-3-22-19-24(23-11(2)14-6-5-13(25)9-18(14)26)17(10-27-19)15-8-12(20)4-7-16(15)21/h4-10,25-26H,3H2,1-2H3. The lowest BCUT2D eigenvalue weighted by molar-refractivity contribution is 0.450. The number of aromatic nitrogens is 1. The highest BCUT2D eigenvalue weighted by molar-refractivity contribution is 7.07. The zero-order chi connectivity index (χ0) is 19.6. The summed E-state index contributed by atoms with van der Waals surface area (Å²) >= 11 is 14.0. The zero-order valence-corrected chi connectivity index (χ0v) is 17.0. The van der Waals surface area contributed by atoms with E-state index >= 15 is 0 Å². The Morgan fingerprint density at radius 3 is 2.63 bits per heavy atom. The molecule has 0 atom stereocenters. The summed E-state index contributed by atoms with van der Waals surface area (Å²) in [6.07, 6.45) is 0. The quantitative estimate of drug-likeness (QED) is 0.573. The molecule has 0 spiro atoms. The number of benzene rings is 2. The number of rotatable bonds is 4. The van der Waals surface area contributed by atoms with Gasteiger partial charge in [-0.25, -0.2) is 4.68 Å². The molecule has 140 valence electrons. The molecule has 0 fully saturated rings. The van der Waals surface area contributed by atoms with E-state index in [1.807, 2.05) is 12.3 Å². The molecule has 0 amide bonds. The first-order chi connectivity index (χ1) is 12.9. The Balaban J connectivity index is 2.21. The van der Waals surface area contributed by atoms with E-state index in [2.05, 4.69) is 10.1 Å². The molecule has 0 saturated carbocycles. The highest BCUT2D eigenvalue weighted by Crippen LogP contribution is 2.31. The highest BCUT2D eigenvalue weighted by Gasteiger charge is 2.13. The van der Waals surface area contributed by atoms with Gasteiger partial charge in [0, 0.05) is 34.1 Å². The van der Waals surface area contributed by atoms with Crippen LogP contribution in [-0.4, -0.2) is 27.1 Å². The van der Waals surface area contributed by atoms with Gasteiger partial charge in [0.2, 0.25) is 4.80 Å². The number of hydrogen-bond donors (Lipinski definition) is 2. The van der Waals surface area contributed by atoms with Crippen molar-refractivity contribution in [3.8, 4) is 22.8 Å². The maximum Gasteiger partial charge on any atom is 0.206 e. The molecule has 0 aliphatic heterocycles. The average molecular weight is 422 g/mol. The predicted molar refractivity (Wildman–Crippen MR) is 111 cm³/mol. The van der Waals surface area contributed by atoms with Crippen LogP contribution >= 0.6 is 34.5 Å². The number of hydrogen-bond acceptors (Lipinski definition) is 5. The maximum atomic E-state index is 10.1. The Morgan fingerprint density at radius 1 is 1.15 bits per heavy atom. The van der Waals surface area contributed by atoms with Crippen LogP contribution in [0.2, 0.25) is 10.0 Å². The average Bonchev–Trinajstić information content (AvgIpc) is 2.99. The number of nitrogens with zero attached hydrogens (tertiary/aromatic N) is 3. The first-order valence-electron chi connectivity index (χ1n) is 8.15. The monoisotopic (exact) mass is 421 g/mol. The van der Waals surface area contributed by atoms with Crippen molar-refractivity contribution < 1.29 is 10.2 Å². The fourth-order valence-corrected chi connectivity index (χ4v) is 3.82. The van der Waals surface area contributed by atoms with Gasteiger partial charge in [0.1, 0.15) is 11.5 Å². The fraction of sp³-hybridized carbons (Fsp3) is 0.158. The Labute approximate surface area is 170 Å². The van der Waals surface area contributed by atoms with E-state index in [1.165, 1.54) is 23.5 Å². The van der Waals surface area contributed by atoms with Gasteiger partial charge in [0.15, 0.2) is 0 Å². The van der Waals surface area contributed by atoms with Gasteiger partial charge in [-0.15, -0.1) is 11.3 Å². The Morgan fingerprint density at radius 2 is 1.93 bits per heavy atom. The third kappa shape index (κ3) is 4.18. The van der Waals surface area contributed by atoms with Crippen LogP contribution < -0.4 is 4.80 Å². The van der Waals surface area contributed by atoms with Crippen molar-refractivity contribution in [1.29, 1.82) is 0 Å². The zero-order valence-electron chi connectivity index (χ0n) is 14.6. The lowest BCUT2D eigenvalue weighted by Crippen LogP contribution is -2.14. The molecule has 3 aromatic rings. The number of phenols is 2. The maximum absolute atomic E-state index is 10.1. The first-order valence-corrected chi connectivity index (χ1v) is 9.78. The van der Waals surface area contributed by atoms with Crippen molar-refractivity contribution in [2.75, 3.05) is 6.54 Å². The van der Waals surface area contributed by atoms with Gasteiger partial charge in [-0.1, -0.05) is 23.2 Å². The minimum atomic E-state index is -0.0524. The fourth-order valence-electron chi connectivity index (χ4n) is 2.55. The predicted octanol–water partition coefficient (Wildman–Crippen LogP) is 5.13. The van der Waals surface area contributed by atoms with Gasteiger partial charge in [-0.05, 0) is 44.2 Å². The smallest absolute Gasteiger partial charge is 0.206 e. The minimum absolute atomic E-state index is 0.0136. The molecule has 1 heterocycles. The summed E-state index contributed by atoms with van der Waals surface area (Å²) in [5, 5.41) is 27.3. The largest absolute Gasteiger partial charge is 0.508 e. The van der Waals surface area contributed by atoms with E-state index in [4.69, 9.17) is 23.2 Å². The number of phenolic OH excluding ortho intramolecular Hbond substituents is 2. The van der Waals surface area contributed by atoms with Crippen molar-refractivity contribution in [1.82, 2.24) is 4.68 Å². The van der Waals surface area contributed by atoms with Crippen LogP contribution in [0, 0.1) is 0 Å². The summed E-state index contributed by atoms with van der Waals surface area (Å²) in [5.74, 6) is -0.0660. The molecule has 0 radical (unpaired) electrons. The number of aromatic hydroxyl groups is 2. The molecule has 5 nitrogen and oxygen atoms in total. The van der Waals surface area contributed by atoms with Gasteiger partial charge in [0.05, 0.1) is 16.4 Å². The summed E-state index contributed by atoms with van der Waals surface area (Å²) in [6.45, 7) is 4.32. The molecular formula is C19H17Cl2N3O2S. The lowest BCUT2D eigenvalue weighted by atomic mass is 10.1. The molecule has 0 aliphatic carbocycles. The normalized spacial score (nSPS) is 12.6. The topological polar surface area (TPSA) is 70.1 Å². The van der Waals surface area contributed by atoms with Crippen molar-refractivity contribution >= 4 is 40.3 Å². The molecule has 0 saturated heterocycles. The van der Waals surface area contributed by atoms with Crippen molar-refractivity contribution in [3.63, 3.8) is 0 Å². The van der Waals surface area contributed by atoms with E-state index in [0.717, 1.165) is 11.3 Å². The Hall–Kier alpha value is -2.28. The molecule has 0 unspecified atom stereocenters. The van der Waals surface area contributed by atoms with Crippen LogP contribution in [0.25, 0.3) is 11.3 Å². The molecule has 2 aromatic carbocycles. The first kappa shape index (κ1) is 19.5. The third-order valence-corrected chi connectivity index (χ3v) is 5.22. The number of halogens is 2. The van der Waals surface area contributed by atoms with Crippen molar-refractivity contribution in [2.24, 2.45) is 10.1 Å². The molecule has 2 N–H and O–H groups in total. The molecule has 1 aromatic heterocycles. The second-order valence-electron chi connectivity index (χ2n) is 5.70. The van der Waals surface area contributed by atoms with E-state index < -0.39 is 0 Å². The molecule has 0 bridgehead atoms. The Kier molecular flexibility index (Phi) is 5.89. The molecular weight excluding hydrogens is 405 g/mol. The van der Waals surface area contributed by atoms with E-state index in [9.17, 15) is 10.2 Å². The van der Waals surface area contributed by atoms with Crippen LogP contribution in [0.3, 0.4) is 0 Å². The van der Waals surface area contributed by atoms with E-state index in [-0.39, 0.29) is 11.5 Å². The lowest BCUT2D eigenvalue weighted by Gasteiger charge is -2.09. The SMILES string of the molecule is CCN=c1scc(-c2cc(Cl)ccc2Cl)n1N=C(C)c1ccc(O)cc1O. The van der Waals surface area contributed by atoms with Crippen molar-refractivity contribution in [2.45, 2.75) is 13.8 Å². The van der Waals surface area contributed by atoms with Gasteiger partial charge in [-0.3, -0.25) is 4.99 Å². The summed E-state index contributed by atoms with van der Waals surface area (Å²) in [4.78, 5) is 5.18. The minimum Gasteiger partial charge on any atom is -0.508 e. The van der Waals surface area contributed by atoms with Gasteiger partial charge in [-0.2, -0.15) is 5.10 Å². The van der Waals surface area contributed by atoms with Crippen LogP contribution in [0.15, 0.2) is 51.9 Å². The second-order valence-corrected chi connectivity index (χ2v) is 7.38. The third-order valence-electron chi connectivity index (χ3n) is 3.80. The van der Waals surface area contributed by atoms with Gasteiger partial charge in [0.25, 0.3) is 0 Å². The van der Waals surface area contributed by atoms with Crippen molar-refractivity contribution in [3.05, 3.63) is 62.2 Å². The van der Waals surface area contributed by atoms with Crippen LogP contribution in [0.4, 0.5) is 0 Å². The summed E-state index contributed by atoms with van der Waals surface area (Å²) in [5.41, 5.74) is 2.56. The van der Waals surface area contributed by atoms with Gasteiger partial charge < -0.3 is 10.2 Å². The van der Waals surface area contributed by atoms with Crippen LogP contribution in [0.1, 0.15) is 19.4 Å². The second kappa shape index (κ2) is 8.17. The summed E-state index contributed by atoms with van der Waals surface area (Å²) in [7, 11) is 0. The molecule has 3 rings (SSSR count). The summed E-state index contributed by atoms with van der Waals surface area (Å²) < 4.78 is 1.69. The summed E-state index contributed by atoms with van der Waals surface area (Å²) in [6, 6.07) is 9.63. The number of thiazole rings is 1. The van der Waals surface area contributed by atoms with E-state index in [0.29, 0.717) is 32.7 Å². The van der Waals surface area contributed by atoms with Crippen LogP contribution in [0.5, 0.6) is 11.5 Å². The highest BCUT2D eigenvalue weighted by atomic mass is 35.5. The molecule has 27 heavy (non-hydrogen) atoms.